The number of aromatic nitrogens is 3. The lowest BCUT2D eigenvalue weighted by Crippen LogP contribution is -2.39. The zero-order chi connectivity index (χ0) is 16.4. The van der Waals surface area contributed by atoms with Crippen LogP contribution in [0.1, 0.15) is 35.9 Å². The highest BCUT2D eigenvalue weighted by Crippen LogP contribution is 2.31. The number of halogens is 1. The number of rotatable bonds is 6. The Hall–Kier alpha value is -1.92. The van der Waals surface area contributed by atoms with E-state index in [9.17, 15) is 4.79 Å². The first-order valence-corrected chi connectivity index (χ1v) is 8.22. The Labute approximate surface area is 140 Å². The number of carbonyl (C=O) groups excluding carboxylic acids is 1. The van der Waals surface area contributed by atoms with Crippen molar-refractivity contribution in [3.63, 3.8) is 0 Å². The number of nitrogens with one attached hydrogen (secondary N) is 1. The molecule has 7 heteroatoms. The second-order valence-corrected chi connectivity index (χ2v) is 6.28. The molecule has 1 aromatic carbocycles. The highest BCUT2D eigenvalue weighted by molar-refractivity contribution is 6.30. The Balaban J connectivity index is 1.78. The summed E-state index contributed by atoms with van der Waals surface area (Å²) in [6.07, 6.45) is 2.95. The SMILES string of the molecule is CCc1c(C(=O)NCC(N)C2CC2)nnn1-c1cccc(Cl)c1. The van der Waals surface area contributed by atoms with Gasteiger partial charge in [0.2, 0.25) is 0 Å². The molecule has 6 nitrogen and oxygen atoms in total. The predicted octanol–water partition coefficient (Wildman–Crippen LogP) is 1.95. The molecule has 1 atom stereocenters. The molecule has 0 radical (unpaired) electrons. The zero-order valence-electron chi connectivity index (χ0n) is 13.0. The summed E-state index contributed by atoms with van der Waals surface area (Å²) in [6.45, 7) is 2.43. The lowest BCUT2D eigenvalue weighted by molar-refractivity contribution is 0.0944. The number of nitrogens with two attached hydrogens (primary N) is 1. The molecule has 1 heterocycles. The van der Waals surface area contributed by atoms with E-state index >= 15 is 0 Å². The molecule has 1 amide bonds. The quantitative estimate of drug-likeness (QED) is 0.846. The number of hydrogen-bond donors (Lipinski definition) is 2. The molecule has 1 aromatic heterocycles. The fraction of sp³-hybridized carbons (Fsp3) is 0.438. The molecular weight excluding hydrogens is 314 g/mol. The summed E-state index contributed by atoms with van der Waals surface area (Å²) in [4.78, 5) is 12.4. The molecule has 3 rings (SSSR count). The Kier molecular flexibility index (Phi) is 4.63. The van der Waals surface area contributed by atoms with Gasteiger partial charge in [0.05, 0.1) is 11.4 Å². The minimum Gasteiger partial charge on any atom is -0.349 e. The standard InChI is InChI=1S/C16H20ClN5O/c1-2-14-15(16(23)19-9-13(18)10-6-7-10)20-21-22(14)12-5-3-4-11(17)8-12/h3-5,8,10,13H,2,6-7,9,18H2,1H3,(H,19,23). The number of benzene rings is 1. The minimum absolute atomic E-state index is 0.0204. The largest absolute Gasteiger partial charge is 0.349 e. The van der Waals surface area contributed by atoms with Crippen LogP contribution in [-0.4, -0.2) is 33.5 Å². The third-order valence-electron chi connectivity index (χ3n) is 4.09. The Bertz CT molecular complexity index is 710. The van der Waals surface area contributed by atoms with E-state index in [-0.39, 0.29) is 11.9 Å². The molecule has 0 bridgehead atoms. The number of amides is 1. The lowest BCUT2D eigenvalue weighted by Gasteiger charge is -2.11. The molecule has 1 aliphatic rings. The van der Waals surface area contributed by atoms with Crippen molar-refractivity contribution in [3.05, 3.63) is 40.7 Å². The first kappa shape index (κ1) is 16.0. The van der Waals surface area contributed by atoms with E-state index < -0.39 is 0 Å². The highest BCUT2D eigenvalue weighted by Gasteiger charge is 2.29. The predicted molar refractivity (Wildman–Crippen MR) is 88.8 cm³/mol. The summed E-state index contributed by atoms with van der Waals surface area (Å²) >= 11 is 6.03. The average molecular weight is 334 g/mol. The van der Waals surface area contributed by atoms with Crippen LogP contribution in [0.3, 0.4) is 0 Å². The van der Waals surface area contributed by atoms with Gasteiger partial charge in [-0.3, -0.25) is 4.79 Å². The fourth-order valence-electron chi connectivity index (χ4n) is 2.60. The van der Waals surface area contributed by atoms with Crippen molar-refractivity contribution in [2.75, 3.05) is 6.54 Å². The van der Waals surface area contributed by atoms with Crippen molar-refractivity contribution in [1.29, 1.82) is 0 Å². The molecule has 1 aliphatic carbocycles. The maximum Gasteiger partial charge on any atom is 0.273 e. The average Bonchev–Trinajstić information content (AvgIpc) is 3.31. The van der Waals surface area contributed by atoms with E-state index in [0.717, 1.165) is 24.2 Å². The third-order valence-corrected chi connectivity index (χ3v) is 4.33. The van der Waals surface area contributed by atoms with Gasteiger partial charge in [0.1, 0.15) is 0 Å². The van der Waals surface area contributed by atoms with Crippen LogP contribution in [-0.2, 0) is 6.42 Å². The van der Waals surface area contributed by atoms with Crippen molar-refractivity contribution >= 4 is 17.5 Å². The molecule has 0 saturated heterocycles. The summed E-state index contributed by atoms with van der Waals surface area (Å²) in [5.41, 5.74) is 7.90. The van der Waals surface area contributed by atoms with Crippen LogP contribution >= 0.6 is 11.6 Å². The summed E-state index contributed by atoms with van der Waals surface area (Å²) in [7, 11) is 0. The van der Waals surface area contributed by atoms with Crippen LogP contribution in [0.25, 0.3) is 5.69 Å². The van der Waals surface area contributed by atoms with Gasteiger partial charge in [-0.15, -0.1) is 5.10 Å². The van der Waals surface area contributed by atoms with Crippen LogP contribution in [0.2, 0.25) is 5.02 Å². The van der Waals surface area contributed by atoms with Crippen LogP contribution in [0.5, 0.6) is 0 Å². The van der Waals surface area contributed by atoms with Crippen LogP contribution < -0.4 is 11.1 Å². The fourth-order valence-corrected chi connectivity index (χ4v) is 2.78. The van der Waals surface area contributed by atoms with Crippen molar-refractivity contribution in [1.82, 2.24) is 20.3 Å². The maximum absolute atomic E-state index is 12.4. The smallest absolute Gasteiger partial charge is 0.273 e. The zero-order valence-corrected chi connectivity index (χ0v) is 13.8. The van der Waals surface area contributed by atoms with E-state index in [1.165, 1.54) is 0 Å². The summed E-state index contributed by atoms with van der Waals surface area (Å²) in [6, 6.07) is 7.32. The Morgan fingerprint density at radius 1 is 1.52 bits per heavy atom. The van der Waals surface area contributed by atoms with Crippen LogP contribution in [0.4, 0.5) is 0 Å². The van der Waals surface area contributed by atoms with Crippen LogP contribution in [0.15, 0.2) is 24.3 Å². The third kappa shape index (κ3) is 3.54. The summed E-state index contributed by atoms with van der Waals surface area (Å²) < 4.78 is 1.65. The van der Waals surface area contributed by atoms with E-state index in [2.05, 4.69) is 15.6 Å². The highest BCUT2D eigenvalue weighted by atomic mass is 35.5. The van der Waals surface area contributed by atoms with Gasteiger partial charge in [0.15, 0.2) is 5.69 Å². The maximum atomic E-state index is 12.4. The lowest BCUT2D eigenvalue weighted by atomic mass is 10.2. The Morgan fingerprint density at radius 2 is 2.30 bits per heavy atom. The van der Waals surface area contributed by atoms with Gasteiger partial charge >= 0.3 is 0 Å². The van der Waals surface area contributed by atoms with E-state index in [0.29, 0.717) is 29.6 Å². The molecule has 122 valence electrons. The molecule has 1 saturated carbocycles. The number of nitrogens with zero attached hydrogens (tertiary/aromatic N) is 3. The molecule has 23 heavy (non-hydrogen) atoms. The molecule has 0 aliphatic heterocycles. The van der Waals surface area contributed by atoms with Gasteiger partial charge in [-0.2, -0.15) is 0 Å². The minimum atomic E-state index is -0.230. The first-order valence-electron chi connectivity index (χ1n) is 7.84. The summed E-state index contributed by atoms with van der Waals surface area (Å²) in [5, 5.41) is 11.6. The van der Waals surface area contributed by atoms with Gasteiger partial charge < -0.3 is 11.1 Å². The molecule has 1 fully saturated rings. The van der Waals surface area contributed by atoms with Crippen molar-refractivity contribution in [2.24, 2.45) is 11.7 Å². The van der Waals surface area contributed by atoms with Gasteiger partial charge in [0, 0.05) is 17.6 Å². The molecule has 3 N–H and O–H groups in total. The van der Waals surface area contributed by atoms with Crippen molar-refractivity contribution < 1.29 is 4.79 Å². The van der Waals surface area contributed by atoms with Crippen molar-refractivity contribution in [2.45, 2.75) is 32.2 Å². The topological polar surface area (TPSA) is 85.8 Å². The van der Waals surface area contributed by atoms with Crippen molar-refractivity contribution in [3.8, 4) is 5.69 Å². The monoisotopic (exact) mass is 333 g/mol. The number of hydrogen-bond acceptors (Lipinski definition) is 4. The van der Waals surface area contributed by atoms with E-state index in [4.69, 9.17) is 17.3 Å². The Morgan fingerprint density at radius 3 is 2.96 bits per heavy atom. The summed E-state index contributed by atoms with van der Waals surface area (Å²) in [5.74, 6) is 0.314. The molecule has 0 spiro atoms. The van der Waals surface area contributed by atoms with Gasteiger partial charge in [-0.1, -0.05) is 29.8 Å². The van der Waals surface area contributed by atoms with E-state index in [1.54, 1.807) is 16.8 Å². The molecule has 1 unspecified atom stereocenters. The normalized spacial score (nSPS) is 15.4. The first-order chi connectivity index (χ1) is 11.1. The number of carbonyl (C=O) groups is 1. The van der Waals surface area contributed by atoms with Gasteiger partial charge in [-0.25, -0.2) is 4.68 Å². The molecular formula is C16H20ClN5O. The van der Waals surface area contributed by atoms with Crippen LogP contribution in [0, 0.1) is 5.92 Å². The van der Waals surface area contributed by atoms with Gasteiger partial charge in [-0.05, 0) is 43.4 Å². The second-order valence-electron chi connectivity index (χ2n) is 5.84. The molecule has 2 aromatic rings. The second kappa shape index (κ2) is 6.68. The van der Waals surface area contributed by atoms with E-state index in [1.807, 2.05) is 19.1 Å². The van der Waals surface area contributed by atoms with Gasteiger partial charge in [0.25, 0.3) is 5.91 Å².